The molecule has 0 spiro atoms. The van der Waals surface area contributed by atoms with Crippen molar-refractivity contribution in [2.45, 2.75) is 11.8 Å². The number of sulfonamides is 1. The topological polar surface area (TPSA) is 194 Å². The van der Waals surface area contributed by atoms with E-state index in [9.17, 15) is 27.9 Å². The van der Waals surface area contributed by atoms with Gasteiger partial charge in [-0.3, -0.25) is 0 Å². The van der Waals surface area contributed by atoms with E-state index in [1.807, 2.05) is 6.07 Å². The highest BCUT2D eigenvalue weighted by Gasteiger charge is 2.30. The highest BCUT2D eigenvalue weighted by molar-refractivity contribution is 9.11. The van der Waals surface area contributed by atoms with Crippen LogP contribution >= 0.6 is 43.2 Å². The Morgan fingerprint density at radius 1 is 1.29 bits per heavy atom. The average molecular weight is 653 g/mol. The largest absolute Gasteiger partial charge is 0.506 e. The van der Waals surface area contributed by atoms with Crippen molar-refractivity contribution < 1.29 is 33.0 Å². The van der Waals surface area contributed by atoms with Crippen LogP contribution in [0.5, 0.6) is 11.8 Å². The van der Waals surface area contributed by atoms with Crippen molar-refractivity contribution in [2.24, 2.45) is 7.05 Å². The number of amides is 1. The number of halogens is 2. The number of nitrogens with one attached hydrogen (secondary N) is 1. The Morgan fingerprint density at radius 3 is 2.31 bits per heavy atom. The van der Waals surface area contributed by atoms with Gasteiger partial charge in [-0.1, -0.05) is 0 Å². The molecule has 2 heterocycles. The molecule has 186 valence electrons. The van der Waals surface area contributed by atoms with E-state index in [2.05, 4.69) is 37.0 Å². The number of hydrogen-bond acceptors (Lipinski definition) is 10. The summed E-state index contributed by atoms with van der Waals surface area (Å²) in [5.74, 6) is -1.34. The number of ether oxygens (including phenoxy) is 1. The Kier molecular flexibility index (Phi) is 8.84. The number of nitriles is 1. The first-order chi connectivity index (χ1) is 16.2. The molecule has 35 heavy (non-hydrogen) atoms. The van der Waals surface area contributed by atoms with Gasteiger partial charge in [-0.15, -0.1) is 21.1 Å². The number of hydrogen-bond donors (Lipinski definition) is 3. The van der Waals surface area contributed by atoms with Gasteiger partial charge in [0.25, 0.3) is 10.0 Å². The minimum atomic E-state index is -4.52. The number of aryl methyl sites for hydroxylation is 1. The molecule has 3 rings (SSSR count). The molecule has 3 N–H and O–H groups in total. The molecule has 0 aliphatic rings. The Labute approximate surface area is 218 Å². The summed E-state index contributed by atoms with van der Waals surface area (Å²) >= 11 is 7.12. The number of nitrogens with zero attached hydrogens (tertiary/aromatic N) is 4. The number of thiophene rings is 1. The van der Waals surface area contributed by atoms with Gasteiger partial charge in [0.2, 0.25) is 0 Å². The van der Waals surface area contributed by atoms with Gasteiger partial charge in [0.1, 0.15) is 10.6 Å². The van der Waals surface area contributed by atoms with E-state index in [4.69, 9.17) is 15.1 Å². The maximum absolute atomic E-state index is 12.3. The second-order valence-corrected chi connectivity index (χ2v) is 10.8. The number of aromatic carboxylic acids is 1. The van der Waals surface area contributed by atoms with Gasteiger partial charge in [-0.2, -0.15) is 5.26 Å². The van der Waals surface area contributed by atoms with Crippen LogP contribution in [0.25, 0.3) is 0 Å². The number of methoxy groups -OCH3 is 1. The van der Waals surface area contributed by atoms with Crippen LogP contribution in [0.15, 0.2) is 36.1 Å². The molecule has 17 heteroatoms. The summed E-state index contributed by atoms with van der Waals surface area (Å²) < 4.78 is 33.2. The maximum Gasteiger partial charge on any atom is 0.360 e. The van der Waals surface area contributed by atoms with Crippen LogP contribution in [0.1, 0.15) is 20.8 Å². The average Bonchev–Trinajstić information content (AvgIpc) is 3.32. The van der Waals surface area contributed by atoms with Crippen molar-refractivity contribution in [1.29, 1.82) is 5.26 Å². The van der Waals surface area contributed by atoms with Gasteiger partial charge in [-0.05, 0) is 50.9 Å². The fraction of sp³-hybridized carbons (Fsp3) is 0.167. The number of benzene rings is 1. The van der Waals surface area contributed by atoms with Crippen LogP contribution in [0.3, 0.4) is 0 Å². The van der Waals surface area contributed by atoms with Crippen molar-refractivity contribution in [3.05, 3.63) is 52.9 Å². The first-order valence-corrected chi connectivity index (χ1v) is 12.9. The van der Waals surface area contributed by atoms with Crippen molar-refractivity contribution >= 4 is 65.2 Å². The van der Waals surface area contributed by atoms with E-state index in [-0.39, 0.29) is 21.3 Å². The first-order valence-electron chi connectivity index (χ1n) is 8.91. The van der Waals surface area contributed by atoms with Gasteiger partial charge < -0.3 is 14.9 Å². The zero-order valence-electron chi connectivity index (χ0n) is 17.9. The molecule has 0 aliphatic heterocycles. The van der Waals surface area contributed by atoms with E-state index in [1.54, 1.807) is 16.9 Å². The fourth-order valence-corrected chi connectivity index (χ4v) is 6.19. The Balaban J connectivity index is 0.000000328. The van der Waals surface area contributed by atoms with E-state index in [0.29, 0.717) is 14.5 Å². The van der Waals surface area contributed by atoms with Gasteiger partial charge in [0.05, 0.1) is 33.3 Å². The van der Waals surface area contributed by atoms with Crippen LogP contribution in [0, 0.1) is 18.3 Å². The lowest BCUT2D eigenvalue weighted by Crippen LogP contribution is -2.40. The molecular weight excluding hydrogens is 638 g/mol. The summed E-state index contributed by atoms with van der Waals surface area (Å²) in [5, 5.41) is 31.5. The molecule has 0 fully saturated rings. The number of carboxylic acids is 1. The van der Waals surface area contributed by atoms with Gasteiger partial charge >= 0.3 is 23.7 Å². The predicted molar refractivity (Wildman–Crippen MR) is 129 cm³/mol. The van der Waals surface area contributed by atoms with E-state index in [1.165, 1.54) is 21.1 Å². The fourth-order valence-electron chi connectivity index (χ4n) is 2.49. The number of aromatic hydroxyl groups is 1. The number of phenolic OH excluding ortho intramolecular Hbond substituents is 1. The third-order valence-corrected chi connectivity index (χ3v) is 7.86. The summed E-state index contributed by atoms with van der Waals surface area (Å²) in [7, 11) is -2.02. The highest BCUT2D eigenvalue weighted by atomic mass is 79.9. The Morgan fingerprint density at radius 2 is 1.86 bits per heavy atom. The standard InChI is InChI=1S/C11H12N4O7S2.C7H3Br2NO/c1-5-7(6(4-23-5)8(16)17)24(20,21)13-9(18)15-11(19)14(2)10(12-15)22-3;8-5-1-4(3-10)2-6(9)7(5)11/h4H,1-3H3,(H,13,18)(H,16,17);1-2,11H. The molecule has 0 saturated heterocycles. The lowest BCUT2D eigenvalue weighted by atomic mass is 10.2. The summed E-state index contributed by atoms with van der Waals surface area (Å²) in [5.41, 5.74) is -0.898. The molecule has 0 atom stereocenters. The molecule has 1 amide bonds. The lowest BCUT2D eigenvalue weighted by molar-refractivity contribution is 0.0693. The van der Waals surface area contributed by atoms with Gasteiger partial charge in [0, 0.05) is 17.3 Å². The second kappa shape index (κ2) is 11.0. The molecule has 13 nitrogen and oxygen atoms in total. The molecule has 1 aromatic carbocycles. The first kappa shape index (κ1) is 28.0. The number of carbonyl (C=O) groups is 2. The highest BCUT2D eigenvalue weighted by Crippen LogP contribution is 2.33. The number of aromatic nitrogens is 3. The molecule has 0 unspecified atom stereocenters. The number of rotatable bonds is 4. The quantitative estimate of drug-likeness (QED) is 0.377. The number of phenols is 1. The minimum Gasteiger partial charge on any atom is -0.506 e. The normalized spacial score (nSPS) is 10.6. The van der Waals surface area contributed by atoms with Crippen LogP contribution < -0.4 is 15.1 Å². The monoisotopic (exact) mass is 651 g/mol. The van der Waals surface area contributed by atoms with Crippen LogP contribution in [-0.4, -0.2) is 52.1 Å². The summed E-state index contributed by atoms with van der Waals surface area (Å²) in [6.07, 6.45) is 0. The van der Waals surface area contributed by atoms with Gasteiger partial charge in [-0.25, -0.2) is 32.1 Å². The summed E-state index contributed by atoms with van der Waals surface area (Å²) in [6, 6.07) is 3.51. The molecule has 0 saturated carbocycles. The molecule has 3 aromatic rings. The molecule has 2 aromatic heterocycles. The number of carbonyl (C=O) groups excluding carboxylic acids is 1. The molecule has 0 aliphatic carbocycles. The van der Waals surface area contributed by atoms with Crippen LogP contribution in [0.2, 0.25) is 0 Å². The predicted octanol–water partition coefficient (Wildman–Crippen LogP) is 2.39. The Bertz CT molecular complexity index is 1500. The zero-order valence-corrected chi connectivity index (χ0v) is 22.7. The minimum absolute atomic E-state index is 0.115. The van der Waals surface area contributed by atoms with Crippen molar-refractivity contribution in [3.8, 4) is 17.8 Å². The second-order valence-electron chi connectivity index (χ2n) is 6.39. The third kappa shape index (κ3) is 6.08. The van der Waals surface area contributed by atoms with E-state index >= 15 is 0 Å². The summed E-state index contributed by atoms with van der Waals surface area (Å²) in [4.78, 5) is 34.6. The molecule has 0 radical (unpaired) electrons. The molecular formula is C18H15Br2N5O8S2. The van der Waals surface area contributed by atoms with Crippen molar-refractivity contribution in [1.82, 2.24) is 19.1 Å². The van der Waals surface area contributed by atoms with Crippen LogP contribution in [-0.2, 0) is 17.1 Å². The van der Waals surface area contributed by atoms with Crippen molar-refractivity contribution in [2.75, 3.05) is 7.11 Å². The van der Waals surface area contributed by atoms with E-state index < -0.39 is 38.2 Å². The van der Waals surface area contributed by atoms with Crippen LogP contribution in [0.4, 0.5) is 4.79 Å². The lowest BCUT2D eigenvalue weighted by Gasteiger charge is -2.06. The number of carboxylic acid groups (broad SMARTS) is 1. The SMILES string of the molecule is COc1nn(C(=O)NS(=O)(=O)c2c(C(=O)O)csc2C)c(=O)n1C.N#Cc1cc(Br)c(O)c(Br)c1. The summed E-state index contributed by atoms with van der Waals surface area (Å²) in [6.45, 7) is 1.39. The van der Waals surface area contributed by atoms with E-state index in [0.717, 1.165) is 21.3 Å². The third-order valence-electron chi connectivity index (χ3n) is 4.10. The van der Waals surface area contributed by atoms with Crippen molar-refractivity contribution in [3.63, 3.8) is 0 Å². The molecule has 0 bridgehead atoms. The maximum atomic E-state index is 12.3. The zero-order chi connectivity index (χ0) is 26.7. The Hall–Kier alpha value is -3.20. The smallest absolute Gasteiger partial charge is 0.360 e. The van der Waals surface area contributed by atoms with Gasteiger partial charge in [0.15, 0.2) is 0 Å².